The summed E-state index contributed by atoms with van der Waals surface area (Å²) in [6, 6.07) is 18.1. The van der Waals surface area contributed by atoms with Gasteiger partial charge in [-0.1, -0.05) is 60.7 Å². The lowest BCUT2D eigenvalue weighted by Gasteiger charge is -2.22. The maximum Gasteiger partial charge on any atom is 0.334 e. The Morgan fingerprint density at radius 3 is 2.10 bits per heavy atom. The van der Waals surface area contributed by atoms with Crippen molar-refractivity contribution < 1.29 is 15.0 Å². The Labute approximate surface area is 117 Å². The number of hydrogen-bond acceptors (Lipinski definition) is 3. The Balaban J connectivity index is 2.13. The van der Waals surface area contributed by atoms with Gasteiger partial charge in [-0.25, -0.2) is 4.79 Å². The molecule has 0 saturated carbocycles. The van der Waals surface area contributed by atoms with Crippen molar-refractivity contribution in [3.8, 4) is 0 Å². The average Bonchev–Trinajstić information content (AvgIpc) is 2.49. The molecule has 0 aliphatic heterocycles. The first-order valence-corrected chi connectivity index (χ1v) is 6.41. The molecular weight excluding hydrogens is 254 g/mol. The molecule has 0 amide bonds. The summed E-state index contributed by atoms with van der Waals surface area (Å²) in [5.41, 5.74) is 1.78. The predicted octanol–water partition coefficient (Wildman–Crippen LogP) is 1.96. The van der Waals surface area contributed by atoms with E-state index in [1.807, 2.05) is 48.5 Å². The summed E-state index contributed by atoms with van der Waals surface area (Å²) < 4.78 is 0. The Morgan fingerprint density at radius 1 is 1.00 bits per heavy atom. The van der Waals surface area contributed by atoms with Gasteiger partial charge in [-0.15, -0.1) is 0 Å². The lowest BCUT2D eigenvalue weighted by atomic mass is 10.0. The van der Waals surface area contributed by atoms with Crippen molar-refractivity contribution >= 4 is 5.97 Å². The number of hydrogen-bond donors (Lipinski definition) is 3. The smallest absolute Gasteiger partial charge is 0.334 e. The van der Waals surface area contributed by atoms with Crippen molar-refractivity contribution in [3.05, 3.63) is 71.8 Å². The number of carboxylic acid groups (broad SMARTS) is 1. The van der Waals surface area contributed by atoms with Gasteiger partial charge in [0.15, 0.2) is 6.10 Å². The number of aliphatic hydroxyl groups is 1. The van der Waals surface area contributed by atoms with Crippen LogP contribution in [0.15, 0.2) is 60.7 Å². The molecule has 0 fully saturated rings. The Morgan fingerprint density at radius 2 is 1.55 bits per heavy atom. The van der Waals surface area contributed by atoms with Gasteiger partial charge < -0.3 is 15.5 Å². The minimum atomic E-state index is -1.49. The highest BCUT2D eigenvalue weighted by atomic mass is 16.4. The van der Waals surface area contributed by atoms with E-state index in [-0.39, 0.29) is 0 Å². The van der Waals surface area contributed by atoms with Crippen LogP contribution < -0.4 is 5.32 Å². The fourth-order valence-corrected chi connectivity index (χ4v) is 2.04. The highest BCUT2D eigenvalue weighted by Crippen LogP contribution is 2.18. The first-order valence-electron chi connectivity index (χ1n) is 6.41. The van der Waals surface area contributed by atoms with Crippen molar-refractivity contribution in [2.24, 2.45) is 0 Å². The molecule has 3 N–H and O–H groups in total. The van der Waals surface area contributed by atoms with Gasteiger partial charge in [0, 0.05) is 6.54 Å². The van der Waals surface area contributed by atoms with Crippen molar-refractivity contribution in [3.63, 3.8) is 0 Å². The number of aliphatic hydroxyl groups excluding tert-OH is 1. The lowest BCUT2D eigenvalue weighted by Crippen LogP contribution is -2.37. The highest BCUT2D eigenvalue weighted by Gasteiger charge is 2.26. The van der Waals surface area contributed by atoms with Crippen molar-refractivity contribution in [2.75, 3.05) is 0 Å². The number of rotatable bonds is 6. The third-order valence-corrected chi connectivity index (χ3v) is 3.10. The summed E-state index contributed by atoms with van der Waals surface area (Å²) in [5.74, 6) is -1.24. The summed E-state index contributed by atoms with van der Waals surface area (Å²) in [5, 5.41) is 22.0. The number of aliphatic carboxylic acids is 1. The van der Waals surface area contributed by atoms with E-state index in [0.29, 0.717) is 6.54 Å². The second-order valence-electron chi connectivity index (χ2n) is 4.54. The molecule has 2 rings (SSSR count). The van der Waals surface area contributed by atoms with E-state index in [0.717, 1.165) is 11.1 Å². The maximum absolute atomic E-state index is 11.0. The molecule has 2 atom stereocenters. The zero-order valence-corrected chi connectivity index (χ0v) is 10.9. The Hall–Kier alpha value is -2.17. The van der Waals surface area contributed by atoms with E-state index in [1.165, 1.54) is 0 Å². The molecule has 0 aromatic heterocycles. The second kappa shape index (κ2) is 6.84. The molecule has 0 aliphatic carbocycles. The summed E-state index contributed by atoms with van der Waals surface area (Å²) in [6.07, 6.45) is -1.49. The molecule has 1 unspecified atom stereocenters. The molecule has 4 nitrogen and oxygen atoms in total. The maximum atomic E-state index is 11.0. The summed E-state index contributed by atoms with van der Waals surface area (Å²) in [6.45, 7) is 0.491. The van der Waals surface area contributed by atoms with Crippen LogP contribution in [0, 0.1) is 0 Å². The van der Waals surface area contributed by atoms with Crippen molar-refractivity contribution in [1.29, 1.82) is 0 Å². The molecule has 0 bridgehead atoms. The van der Waals surface area contributed by atoms with Gasteiger partial charge in [-0.05, 0) is 11.1 Å². The minimum absolute atomic E-state index is 0.491. The average molecular weight is 271 g/mol. The van der Waals surface area contributed by atoms with E-state index in [1.54, 1.807) is 12.1 Å². The van der Waals surface area contributed by atoms with Gasteiger partial charge in [0.05, 0.1) is 6.04 Å². The Bertz CT molecular complexity index is 542. The quantitative estimate of drug-likeness (QED) is 0.751. The summed E-state index contributed by atoms with van der Waals surface area (Å²) in [7, 11) is 0. The lowest BCUT2D eigenvalue weighted by molar-refractivity contribution is -0.148. The van der Waals surface area contributed by atoms with Gasteiger partial charge in [0.1, 0.15) is 0 Å². The molecule has 0 heterocycles. The molecule has 20 heavy (non-hydrogen) atoms. The van der Waals surface area contributed by atoms with Crippen molar-refractivity contribution in [1.82, 2.24) is 5.32 Å². The van der Waals surface area contributed by atoms with Crippen LogP contribution in [0.4, 0.5) is 0 Å². The van der Waals surface area contributed by atoms with Crippen LogP contribution in [0.25, 0.3) is 0 Å². The van der Waals surface area contributed by atoms with Crippen LogP contribution in [0.2, 0.25) is 0 Å². The van der Waals surface area contributed by atoms with E-state index in [2.05, 4.69) is 5.32 Å². The molecule has 104 valence electrons. The van der Waals surface area contributed by atoms with Gasteiger partial charge >= 0.3 is 5.97 Å². The van der Waals surface area contributed by atoms with Gasteiger partial charge in [0.2, 0.25) is 0 Å². The fourth-order valence-electron chi connectivity index (χ4n) is 2.04. The first kappa shape index (κ1) is 14.2. The number of carboxylic acids is 1. The van der Waals surface area contributed by atoms with Crippen LogP contribution >= 0.6 is 0 Å². The van der Waals surface area contributed by atoms with Gasteiger partial charge in [-0.2, -0.15) is 0 Å². The standard InChI is InChI=1S/C16H17NO3/c18-15(16(19)20)14(13-9-5-2-6-10-13)17-11-12-7-3-1-4-8-12/h1-10,14-15,17-18H,11H2,(H,19,20)/t14-,15?/m1/s1. The SMILES string of the molecule is O=C(O)C(O)[C@H](NCc1ccccc1)c1ccccc1. The minimum Gasteiger partial charge on any atom is -0.479 e. The zero-order chi connectivity index (χ0) is 14.4. The molecule has 4 heteroatoms. The van der Waals surface area contributed by atoms with Crippen LogP contribution in [0.5, 0.6) is 0 Å². The molecule has 2 aromatic rings. The molecule has 0 spiro atoms. The van der Waals surface area contributed by atoms with Crippen LogP contribution in [0.1, 0.15) is 17.2 Å². The summed E-state index contributed by atoms with van der Waals surface area (Å²) >= 11 is 0. The largest absolute Gasteiger partial charge is 0.479 e. The van der Waals surface area contributed by atoms with E-state index in [4.69, 9.17) is 5.11 Å². The molecule has 0 saturated heterocycles. The number of benzene rings is 2. The first-order chi connectivity index (χ1) is 9.68. The van der Waals surface area contributed by atoms with Crippen LogP contribution in [0.3, 0.4) is 0 Å². The van der Waals surface area contributed by atoms with E-state index >= 15 is 0 Å². The zero-order valence-electron chi connectivity index (χ0n) is 10.9. The molecule has 0 aliphatic rings. The summed E-state index contributed by atoms with van der Waals surface area (Å²) in [4.78, 5) is 11.0. The van der Waals surface area contributed by atoms with Crippen LogP contribution in [-0.2, 0) is 11.3 Å². The highest BCUT2D eigenvalue weighted by molar-refractivity contribution is 5.73. The monoisotopic (exact) mass is 271 g/mol. The Kier molecular flexibility index (Phi) is 4.87. The molecular formula is C16H17NO3. The van der Waals surface area contributed by atoms with E-state index < -0.39 is 18.1 Å². The second-order valence-corrected chi connectivity index (χ2v) is 4.54. The van der Waals surface area contributed by atoms with Crippen molar-refractivity contribution in [2.45, 2.75) is 18.7 Å². The predicted molar refractivity (Wildman–Crippen MR) is 76.1 cm³/mol. The van der Waals surface area contributed by atoms with Gasteiger partial charge in [0.25, 0.3) is 0 Å². The molecule has 2 aromatic carbocycles. The normalized spacial score (nSPS) is 13.7. The van der Waals surface area contributed by atoms with Gasteiger partial charge in [-0.3, -0.25) is 0 Å². The third-order valence-electron chi connectivity index (χ3n) is 3.10. The topological polar surface area (TPSA) is 69.6 Å². The van der Waals surface area contributed by atoms with Crippen LogP contribution in [-0.4, -0.2) is 22.3 Å². The fraction of sp³-hybridized carbons (Fsp3) is 0.188. The third kappa shape index (κ3) is 3.66. The molecule has 0 radical (unpaired) electrons. The number of nitrogens with one attached hydrogen (secondary N) is 1. The number of carbonyl (C=O) groups is 1. The van der Waals surface area contributed by atoms with E-state index in [9.17, 15) is 9.90 Å².